The Morgan fingerprint density at radius 1 is 1.44 bits per heavy atom. The largest absolute Gasteiger partial charge is 0.119 e. The summed E-state index contributed by atoms with van der Waals surface area (Å²) in [5, 5.41) is 0. The van der Waals surface area contributed by atoms with Crippen LogP contribution in [0, 0.1) is 0 Å². The summed E-state index contributed by atoms with van der Waals surface area (Å²) in [6.07, 6.45) is 8.99. The standard InChI is InChI=1S/C8H17P/c1-2-5-8-6-3-4-7-9-8/h8-9H,2-7H2,1H3. The van der Waals surface area contributed by atoms with Gasteiger partial charge in [0.15, 0.2) is 0 Å². The molecule has 0 aromatic heterocycles. The van der Waals surface area contributed by atoms with Gasteiger partial charge in [0.2, 0.25) is 0 Å². The van der Waals surface area contributed by atoms with Crippen molar-refractivity contribution in [2.75, 3.05) is 6.16 Å². The Morgan fingerprint density at radius 3 is 2.89 bits per heavy atom. The zero-order valence-electron chi connectivity index (χ0n) is 6.32. The van der Waals surface area contributed by atoms with Crippen molar-refractivity contribution in [1.82, 2.24) is 0 Å². The normalized spacial score (nSPS) is 31.0. The average Bonchev–Trinajstić information content (AvgIpc) is 1.91. The number of rotatable bonds is 2. The van der Waals surface area contributed by atoms with E-state index in [9.17, 15) is 0 Å². The van der Waals surface area contributed by atoms with Gasteiger partial charge in [0.25, 0.3) is 0 Å². The van der Waals surface area contributed by atoms with Gasteiger partial charge in [0, 0.05) is 0 Å². The third-order valence-corrected chi connectivity index (χ3v) is 3.85. The van der Waals surface area contributed by atoms with Gasteiger partial charge in [-0.1, -0.05) is 19.8 Å². The van der Waals surface area contributed by atoms with Crippen LogP contribution in [0.2, 0.25) is 0 Å². The van der Waals surface area contributed by atoms with Crippen LogP contribution in [0.1, 0.15) is 39.0 Å². The summed E-state index contributed by atoms with van der Waals surface area (Å²) in [5.41, 5.74) is 1.13. The summed E-state index contributed by atoms with van der Waals surface area (Å²) in [5.74, 6) is 0. The molecule has 54 valence electrons. The predicted octanol–water partition coefficient (Wildman–Crippen LogP) is 3.02. The average molecular weight is 144 g/mol. The fourth-order valence-electron chi connectivity index (χ4n) is 1.52. The zero-order valence-corrected chi connectivity index (χ0v) is 7.32. The number of hydrogen-bond acceptors (Lipinski definition) is 0. The molecule has 0 aromatic rings. The van der Waals surface area contributed by atoms with Gasteiger partial charge in [-0.3, -0.25) is 0 Å². The smallest absolute Gasteiger partial charge is 0.0237 e. The Morgan fingerprint density at radius 2 is 2.33 bits per heavy atom. The molecule has 1 rings (SSSR count). The molecule has 1 fully saturated rings. The second-order valence-electron chi connectivity index (χ2n) is 2.94. The van der Waals surface area contributed by atoms with E-state index in [-0.39, 0.29) is 0 Å². The third kappa shape index (κ3) is 2.67. The van der Waals surface area contributed by atoms with Crippen molar-refractivity contribution in [2.45, 2.75) is 44.7 Å². The fourth-order valence-corrected chi connectivity index (χ4v) is 3.28. The minimum Gasteiger partial charge on any atom is -0.119 e. The van der Waals surface area contributed by atoms with Crippen LogP contribution in [0.5, 0.6) is 0 Å². The molecule has 0 nitrogen and oxygen atoms in total. The van der Waals surface area contributed by atoms with E-state index < -0.39 is 0 Å². The van der Waals surface area contributed by atoms with E-state index in [1.54, 1.807) is 0 Å². The molecule has 0 N–H and O–H groups in total. The van der Waals surface area contributed by atoms with Gasteiger partial charge in [-0.05, 0) is 31.1 Å². The highest BCUT2D eigenvalue weighted by Gasteiger charge is 2.10. The summed E-state index contributed by atoms with van der Waals surface area (Å²) in [4.78, 5) is 0. The van der Waals surface area contributed by atoms with Crippen LogP contribution in [0.4, 0.5) is 0 Å². The molecule has 1 saturated heterocycles. The van der Waals surface area contributed by atoms with E-state index in [0.717, 1.165) is 5.66 Å². The van der Waals surface area contributed by atoms with Crippen LogP contribution in [0.25, 0.3) is 0 Å². The van der Waals surface area contributed by atoms with Crippen LogP contribution in [0.3, 0.4) is 0 Å². The molecule has 1 heteroatoms. The summed E-state index contributed by atoms with van der Waals surface area (Å²) < 4.78 is 0. The molecule has 9 heavy (non-hydrogen) atoms. The monoisotopic (exact) mass is 144 g/mol. The molecule has 0 amide bonds. The lowest BCUT2D eigenvalue weighted by atomic mass is 10.1. The summed E-state index contributed by atoms with van der Waals surface area (Å²) in [6.45, 7) is 2.30. The fraction of sp³-hybridized carbons (Fsp3) is 1.00. The van der Waals surface area contributed by atoms with Crippen LogP contribution < -0.4 is 0 Å². The summed E-state index contributed by atoms with van der Waals surface area (Å²) in [7, 11) is 1.30. The summed E-state index contributed by atoms with van der Waals surface area (Å²) in [6, 6.07) is 0. The highest BCUT2D eigenvalue weighted by Crippen LogP contribution is 2.33. The molecule has 0 saturated carbocycles. The Labute approximate surface area is 60.2 Å². The molecule has 0 radical (unpaired) electrons. The highest BCUT2D eigenvalue weighted by atomic mass is 31.1. The molecule has 0 aromatic carbocycles. The van der Waals surface area contributed by atoms with Gasteiger partial charge in [0.1, 0.15) is 0 Å². The number of hydrogen-bond donors (Lipinski definition) is 0. The van der Waals surface area contributed by atoms with E-state index in [1.165, 1.54) is 46.8 Å². The molecule has 0 bridgehead atoms. The second-order valence-corrected chi connectivity index (χ2v) is 4.66. The second kappa shape index (κ2) is 4.28. The maximum Gasteiger partial charge on any atom is -0.0237 e. The first-order valence-corrected chi connectivity index (χ1v) is 5.45. The third-order valence-electron chi connectivity index (χ3n) is 2.05. The molecule has 2 atom stereocenters. The van der Waals surface area contributed by atoms with Crippen molar-refractivity contribution >= 4 is 8.58 Å². The molecule has 1 aliphatic rings. The Hall–Kier alpha value is 0.430. The molecular formula is C8H17P. The quantitative estimate of drug-likeness (QED) is 0.522. The minimum absolute atomic E-state index is 1.13. The molecule has 1 aliphatic heterocycles. The van der Waals surface area contributed by atoms with E-state index in [2.05, 4.69) is 6.92 Å². The first kappa shape index (κ1) is 7.54. The molecular weight excluding hydrogens is 127 g/mol. The van der Waals surface area contributed by atoms with Crippen molar-refractivity contribution in [2.24, 2.45) is 0 Å². The Kier molecular flexibility index (Phi) is 3.58. The van der Waals surface area contributed by atoms with E-state index >= 15 is 0 Å². The van der Waals surface area contributed by atoms with E-state index in [1.807, 2.05) is 0 Å². The molecule has 1 heterocycles. The Bertz CT molecular complexity index is 62.2. The lowest BCUT2D eigenvalue weighted by Gasteiger charge is -2.20. The van der Waals surface area contributed by atoms with Gasteiger partial charge in [-0.25, -0.2) is 0 Å². The Balaban J connectivity index is 2.08. The van der Waals surface area contributed by atoms with Gasteiger partial charge >= 0.3 is 0 Å². The van der Waals surface area contributed by atoms with Crippen molar-refractivity contribution in [3.05, 3.63) is 0 Å². The van der Waals surface area contributed by atoms with Crippen molar-refractivity contribution in [3.63, 3.8) is 0 Å². The summed E-state index contributed by atoms with van der Waals surface area (Å²) >= 11 is 0. The molecule has 0 spiro atoms. The first-order valence-electron chi connectivity index (χ1n) is 4.17. The lowest BCUT2D eigenvalue weighted by molar-refractivity contribution is 0.616. The zero-order chi connectivity index (χ0) is 6.53. The van der Waals surface area contributed by atoms with Crippen LogP contribution in [-0.2, 0) is 0 Å². The lowest BCUT2D eigenvalue weighted by Crippen LogP contribution is -2.06. The predicted molar refractivity (Wildman–Crippen MR) is 45.7 cm³/mol. The maximum atomic E-state index is 2.30. The van der Waals surface area contributed by atoms with E-state index in [0.29, 0.717) is 0 Å². The van der Waals surface area contributed by atoms with Crippen molar-refractivity contribution in [3.8, 4) is 0 Å². The van der Waals surface area contributed by atoms with Crippen LogP contribution in [-0.4, -0.2) is 11.8 Å². The van der Waals surface area contributed by atoms with E-state index in [4.69, 9.17) is 0 Å². The topological polar surface area (TPSA) is 0 Å². The van der Waals surface area contributed by atoms with Gasteiger partial charge in [-0.2, -0.15) is 0 Å². The molecule has 0 aliphatic carbocycles. The molecule has 2 unspecified atom stereocenters. The van der Waals surface area contributed by atoms with Crippen molar-refractivity contribution < 1.29 is 0 Å². The first-order chi connectivity index (χ1) is 4.43. The minimum atomic E-state index is 1.13. The SMILES string of the molecule is CCCC1CCCCP1. The van der Waals surface area contributed by atoms with Crippen LogP contribution >= 0.6 is 8.58 Å². The van der Waals surface area contributed by atoms with Crippen molar-refractivity contribution in [1.29, 1.82) is 0 Å². The van der Waals surface area contributed by atoms with Crippen LogP contribution in [0.15, 0.2) is 0 Å². The van der Waals surface area contributed by atoms with Gasteiger partial charge in [0.05, 0.1) is 0 Å². The highest BCUT2D eigenvalue weighted by molar-refractivity contribution is 7.38. The van der Waals surface area contributed by atoms with Gasteiger partial charge in [-0.15, -0.1) is 8.58 Å². The van der Waals surface area contributed by atoms with Gasteiger partial charge < -0.3 is 0 Å². The maximum absolute atomic E-state index is 2.30.